The smallest absolute Gasteiger partial charge is 0.191 e. The Hall–Kier alpha value is -1.86. The summed E-state index contributed by atoms with van der Waals surface area (Å²) in [5.74, 6) is 1.04. The molecule has 152 valence electrons. The zero-order valence-electron chi connectivity index (χ0n) is 16.7. The van der Waals surface area contributed by atoms with E-state index in [-0.39, 0.29) is 11.9 Å². The molecule has 1 saturated heterocycles. The van der Waals surface area contributed by atoms with Crippen LogP contribution in [0.15, 0.2) is 29.3 Å². The zero-order valence-corrected chi connectivity index (χ0v) is 16.7. The third kappa shape index (κ3) is 8.13. The Labute approximate surface area is 162 Å². The highest BCUT2D eigenvalue weighted by atomic mass is 19.1. The van der Waals surface area contributed by atoms with E-state index >= 15 is 0 Å². The first kappa shape index (κ1) is 21.4. The zero-order chi connectivity index (χ0) is 19.5. The lowest BCUT2D eigenvalue weighted by atomic mass is 10.1. The Morgan fingerprint density at radius 3 is 2.81 bits per heavy atom. The quantitative estimate of drug-likeness (QED) is 0.508. The van der Waals surface area contributed by atoms with Gasteiger partial charge in [0.15, 0.2) is 5.96 Å². The number of aliphatic imine (C=N–C) groups is 1. The van der Waals surface area contributed by atoms with Gasteiger partial charge in [-0.2, -0.15) is 0 Å². The molecule has 0 aromatic heterocycles. The molecule has 1 unspecified atom stereocenters. The van der Waals surface area contributed by atoms with Gasteiger partial charge in [-0.25, -0.2) is 9.38 Å². The molecular weight excluding hydrogens is 347 g/mol. The van der Waals surface area contributed by atoms with E-state index in [0.29, 0.717) is 18.3 Å². The summed E-state index contributed by atoms with van der Waals surface area (Å²) in [6, 6.07) is 6.61. The molecule has 2 N–H and O–H groups in total. The molecule has 2 rings (SSSR count). The number of methoxy groups -OCH3 is 1. The van der Waals surface area contributed by atoms with Crippen molar-refractivity contribution in [1.29, 1.82) is 0 Å². The van der Waals surface area contributed by atoms with Crippen molar-refractivity contribution < 1.29 is 13.9 Å². The highest BCUT2D eigenvalue weighted by Crippen LogP contribution is 2.14. The molecule has 1 aliphatic heterocycles. The molecule has 0 aliphatic carbocycles. The van der Waals surface area contributed by atoms with Gasteiger partial charge in [-0.15, -0.1) is 0 Å². The van der Waals surface area contributed by atoms with Crippen LogP contribution < -0.4 is 15.4 Å². The van der Waals surface area contributed by atoms with Crippen LogP contribution >= 0.6 is 0 Å². The fourth-order valence-electron chi connectivity index (χ4n) is 3.06. The molecule has 27 heavy (non-hydrogen) atoms. The van der Waals surface area contributed by atoms with Gasteiger partial charge in [0.25, 0.3) is 0 Å². The summed E-state index contributed by atoms with van der Waals surface area (Å²) >= 11 is 0. The Morgan fingerprint density at radius 2 is 2.15 bits per heavy atom. The van der Waals surface area contributed by atoms with Gasteiger partial charge < -0.3 is 25.0 Å². The van der Waals surface area contributed by atoms with Crippen LogP contribution in [0.5, 0.6) is 5.75 Å². The minimum absolute atomic E-state index is 0.141. The topological polar surface area (TPSA) is 58.1 Å². The molecule has 0 radical (unpaired) electrons. The Balaban J connectivity index is 1.79. The summed E-state index contributed by atoms with van der Waals surface area (Å²) in [5.41, 5.74) is 0. The van der Waals surface area contributed by atoms with Crippen molar-refractivity contribution in [3.8, 4) is 5.75 Å². The number of guanidine groups is 1. The number of nitrogens with one attached hydrogen (secondary N) is 2. The first-order valence-corrected chi connectivity index (χ1v) is 9.79. The second kappa shape index (κ2) is 11.8. The predicted molar refractivity (Wildman–Crippen MR) is 107 cm³/mol. The van der Waals surface area contributed by atoms with Gasteiger partial charge in [0, 0.05) is 45.4 Å². The van der Waals surface area contributed by atoms with Gasteiger partial charge in [0.2, 0.25) is 0 Å². The molecule has 7 heteroatoms. The number of hydrogen-bond donors (Lipinski definition) is 2. The largest absolute Gasteiger partial charge is 0.489 e. The monoisotopic (exact) mass is 380 g/mol. The molecule has 0 bridgehead atoms. The molecule has 0 spiro atoms. The van der Waals surface area contributed by atoms with Gasteiger partial charge in [0.1, 0.15) is 17.7 Å². The third-order valence-corrected chi connectivity index (χ3v) is 4.52. The van der Waals surface area contributed by atoms with Crippen molar-refractivity contribution in [3.63, 3.8) is 0 Å². The second-order valence-electron chi connectivity index (χ2n) is 6.86. The van der Waals surface area contributed by atoms with E-state index in [2.05, 4.69) is 27.4 Å². The lowest BCUT2D eigenvalue weighted by Gasteiger charge is -2.32. The highest BCUT2D eigenvalue weighted by Gasteiger charge is 2.19. The second-order valence-corrected chi connectivity index (χ2v) is 6.86. The van der Waals surface area contributed by atoms with E-state index < -0.39 is 0 Å². The number of ether oxygens (including phenoxy) is 2. The molecule has 0 amide bonds. The molecule has 1 aromatic rings. The number of halogens is 1. The van der Waals surface area contributed by atoms with Crippen LogP contribution in [0, 0.1) is 5.82 Å². The Morgan fingerprint density at radius 1 is 1.37 bits per heavy atom. The fourth-order valence-corrected chi connectivity index (χ4v) is 3.06. The number of likely N-dealkylation sites (tertiary alicyclic amines) is 1. The maximum atomic E-state index is 13.3. The summed E-state index contributed by atoms with van der Waals surface area (Å²) in [6.45, 7) is 9.20. The average Bonchev–Trinajstić information content (AvgIpc) is 2.66. The van der Waals surface area contributed by atoms with Gasteiger partial charge in [-0.05, 0) is 38.8 Å². The maximum Gasteiger partial charge on any atom is 0.191 e. The van der Waals surface area contributed by atoms with Crippen LogP contribution in [0.4, 0.5) is 4.39 Å². The molecular formula is C20H33FN4O2. The van der Waals surface area contributed by atoms with Crippen LogP contribution in [-0.4, -0.2) is 69.4 Å². The summed E-state index contributed by atoms with van der Waals surface area (Å²) in [5, 5.41) is 6.82. The predicted octanol–water partition coefficient (Wildman–Crippen LogP) is 2.26. The summed E-state index contributed by atoms with van der Waals surface area (Å²) in [4.78, 5) is 7.07. The number of rotatable bonds is 9. The van der Waals surface area contributed by atoms with Crippen LogP contribution in [0.3, 0.4) is 0 Å². The minimum atomic E-state index is -0.296. The van der Waals surface area contributed by atoms with E-state index in [1.807, 2.05) is 6.92 Å². The third-order valence-electron chi connectivity index (χ3n) is 4.52. The standard InChI is InChI=1S/C20H33FN4O2/c1-4-22-20(24-18-8-10-25(11-9-18)12-13-26-3)23-15-16(2)27-19-7-5-6-17(21)14-19/h5-7,14,16,18H,4,8-13,15H2,1-3H3,(H2,22,23,24). The van der Waals surface area contributed by atoms with Gasteiger partial charge in [-0.3, -0.25) is 0 Å². The molecule has 1 heterocycles. The summed E-state index contributed by atoms with van der Waals surface area (Å²) in [7, 11) is 1.74. The number of nitrogens with zero attached hydrogens (tertiary/aromatic N) is 2. The number of benzene rings is 1. The Kier molecular flexibility index (Phi) is 9.35. The number of hydrogen-bond acceptors (Lipinski definition) is 4. The molecule has 1 atom stereocenters. The molecule has 1 fully saturated rings. The van der Waals surface area contributed by atoms with Crippen molar-refractivity contribution >= 4 is 5.96 Å². The van der Waals surface area contributed by atoms with Gasteiger partial charge >= 0.3 is 0 Å². The van der Waals surface area contributed by atoms with Gasteiger partial charge in [-0.1, -0.05) is 6.07 Å². The van der Waals surface area contributed by atoms with Gasteiger partial charge in [0.05, 0.1) is 13.2 Å². The number of piperidine rings is 1. The lowest BCUT2D eigenvalue weighted by Crippen LogP contribution is -2.49. The first-order valence-electron chi connectivity index (χ1n) is 9.79. The fraction of sp³-hybridized carbons (Fsp3) is 0.650. The molecule has 1 aliphatic rings. The highest BCUT2D eigenvalue weighted by molar-refractivity contribution is 5.80. The SMILES string of the molecule is CCNC(=NCC(C)Oc1cccc(F)c1)NC1CCN(CCOC)CC1. The van der Waals surface area contributed by atoms with Crippen LogP contribution in [0.1, 0.15) is 26.7 Å². The maximum absolute atomic E-state index is 13.3. The van der Waals surface area contributed by atoms with Crippen molar-refractivity contribution in [1.82, 2.24) is 15.5 Å². The van der Waals surface area contributed by atoms with Crippen molar-refractivity contribution in [2.45, 2.75) is 38.8 Å². The van der Waals surface area contributed by atoms with Crippen LogP contribution in [-0.2, 0) is 4.74 Å². The van der Waals surface area contributed by atoms with E-state index in [0.717, 1.165) is 51.6 Å². The minimum Gasteiger partial charge on any atom is -0.489 e. The van der Waals surface area contributed by atoms with Crippen molar-refractivity contribution in [2.24, 2.45) is 4.99 Å². The Bertz CT molecular complexity index is 577. The molecule has 0 saturated carbocycles. The van der Waals surface area contributed by atoms with E-state index in [1.54, 1.807) is 19.2 Å². The van der Waals surface area contributed by atoms with Crippen molar-refractivity contribution in [3.05, 3.63) is 30.1 Å². The lowest BCUT2D eigenvalue weighted by molar-refractivity contribution is 0.128. The molecule has 1 aromatic carbocycles. The molecule has 6 nitrogen and oxygen atoms in total. The van der Waals surface area contributed by atoms with Crippen molar-refractivity contribution in [2.75, 3.05) is 46.4 Å². The summed E-state index contributed by atoms with van der Waals surface area (Å²) < 4.78 is 24.1. The average molecular weight is 381 g/mol. The van der Waals surface area contributed by atoms with E-state index in [9.17, 15) is 4.39 Å². The van der Waals surface area contributed by atoms with Crippen LogP contribution in [0.2, 0.25) is 0 Å². The summed E-state index contributed by atoms with van der Waals surface area (Å²) in [6.07, 6.45) is 2.03. The van der Waals surface area contributed by atoms with E-state index in [4.69, 9.17) is 9.47 Å². The van der Waals surface area contributed by atoms with E-state index in [1.165, 1.54) is 12.1 Å². The van der Waals surface area contributed by atoms with Crippen LogP contribution in [0.25, 0.3) is 0 Å². The normalized spacial score (nSPS) is 17.6. The first-order chi connectivity index (χ1) is 13.1.